The molecule has 0 aliphatic rings. The van der Waals surface area contributed by atoms with Crippen LogP contribution >= 0.6 is 0 Å². The number of benzene rings is 2. The molecule has 0 atom stereocenters. The van der Waals surface area contributed by atoms with Crippen LogP contribution in [-0.2, 0) is 20.2 Å². The summed E-state index contributed by atoms with van der Waals surface area (Å²) in [5, 5.41) is 21.8. The van der Waals surface area contributed by atoms with E-state index in [-0.39, 0.29) is 64.8 Å². The molecular formula is C12H9NNa2O8S2. The van der Waals surface area contributed by atoms with Crippen LogP contribution in [0.1, 0.15) is 6.92 Å². The minimum Gasteiger partial charge on any atom is -0.872 e. The standard InChI is InChI=1S/C12H11NO8S2.2Na/c1-6(14)13-9-2-3-10(22(16,17)18)8-4-7(15)5-11(12(8)9)23(19,20)21;;/h2-5,15H,1H3,(H,13,14)(H,16,17,18)(H,19,20,21);;/q;2*+1/p-2. The van der Waals surface area contributed by atoms with Crippen molar-refractivity contribution in [3.8, 4) is 5.75 Å². The molecule has 0 saturated carbocycles. The zero-order valence-electron chi connectivity index (χ0n) is 13.4. The Hall–Kier alpha value is -0.210. The van der Waals surface area contributed by atoms with Gasteiger partial charge in [-0.05, 0) is 31.0 Å². The maximum atomic E-state index is 11.6. The van der Waals surface area contributed by atoms with Gasteiger partial charge in [-0.1, -0.05) is 6.07 Å². The smallest absolute Gasteiger partial charge is 0.872 e. The molecule has 0 saturated heterocycles. The molecule has 2 N–H and O–H groups in total. The summed E-state index contributed by atoms with van der Waals surface area (Å²) in [6, 6.07) is 3.16. The van der Waals surface area contributed by atoms with Crippen molar-refractivity contribution in [2.75, 3.05) is 0 Å². The maximum Gasteiger partial charge on any atom is 1.00 e. The van der Waals surface area contributed by atoms with Crippen molar-refractivity contribution in [3.05, 3.63) is 24.3 Å². The first-order valence-corrected chi connectivity index (χ1v) is 8.74. The summed E-state index contributed by atoms with van der Waals surface area (Å²) in [5.41, 5.74) is -0.271. The minimum absolute atomic E-state index is 0. The predicted octanol–water partition coefficient (Wildman–Crippen LogP) is -6.17. The van der Waals surface area contributed by atoms with Crippen molar-refractivity contribution in [1.29, 1.82) is 0 Å². The van der Waals surface area contributed by atoms with Crippen molar-refractivity contribution in [2.24, 2.45) is 4.99 Å². The summed E-state index contributed by atoms with van der Waals surface area (Å²) in [5.74, 6) is -1.65. The first-order valence-electron chi connectivity index (χ1n) is 5.86. The molecule has 2 rings (SSSR count). The Kier molecular flexibility index (Phi) is 8.58. The zero-order valence-corrected chi connectivity index (χ0v) is 19.1. The van der Waals surface area contributed by atoms with Crippen molar-refractivity contribution in [3.63, 3.8) is 0 Å². The number of hydrogen-bond acceptors (Lipinski definition) is 7. The molecule has 0 heterocycles. The molecular weight excluding hydrogens is 396 g/mol. The van der Waals surface area contributed by atoms with Gasteiger partial charge in [-0.2, -0.15) is 16.8 Å². The van der Waals surface area contributed by atoms with Gasteiger partial charge in [0.1, 0.15) is 9.79 Å². The largest absolute Gasteiger partial charge is 1.00 e. The Balaban J connectivity index is 0.00000288. The molecule has 9 nitrogen and oxygen atoms in total. The van der Waals surface area contributed by atoms with E-state index in [0.717, 1.165) is 25.1 Å². The second kappa shape index (κ2) is 8.65. The SMILES string of the molecule is CC([O-])=Nc1ccc(S(=O)(=O)O)c2cc([O-])cc(S(=O)(=O)O)c12.[Na+].[Na+]. The molecule has 0 fully saturated rings. The van der Waals surface area contributed by atoms with Gasteiger partial charge < -0.3 is 10.2 Å². The molecule has 124 valence electrons. The van der Waals surface area contributed by atoms with E-state index in [2.05, 4.69) is 4.99 Å². The number of nitrogens with zero attached hydrogens (tertiary/aromatic N) is 1. The van der Waals surface area contributed by atoms with Gasteiger partial charge in [0.05, 0.1) is 5.69 Å². The first-order chi connectivity index (χ1) is 10.4. The minimum atomic E-state index is -4.92. The van der Waals surface area contributed by atoms with E-state index >= 15 is 0 Å². The Labute approximate surface area is 187 Å². The van der Waals surface area contributed by atoms with Crippen molar-refractivity contribution < 1.29 is 95.3 Å². The van der Waals surface area contributed by atoms with E-state index in [4.69, 9.17) is 0 Å². The van der Waals surface area contributed by atoms with Crippen LogP contribution in [0.25, 0.3) is 10.8 Å². The molecule has 0 bridgehead atoms. The van der Waals surface area contributed by atoms with Crippen molar-refractivity contribution in [2.45, 2.75) is 16.7 Å². The van der Waals surface area contributed by atoms with Gasteiger partial charge >= 0.3 is 59.1 Å². The van der Waals surface area contributed by atoms with Crippen molar-refractivity contribution >= 4 is 42.6 Å². The Morgan fingerprint density at radius 1 is 1.00 bits per heavy atom. The monoisotopic (exact) mass is 405 g/mol. The topological polar surface area (TPSA) is 167 Å². The maximum absolute atomic E-state index is 11.6. The molecule has 0 aliphatic carbocycles. The van der Waals surface area contributed by atoms with Crippen LogP contribution in [0.2, 0.25) is 0 Å². The van der Waals surface area contributed by atoms with E-state index < -0.39 is 52.4 Å². The van der Waals surface area contributed by atoms with Crippen LogP contribution in [0.4, 0.5) is 5.69 Å². The summed E-state index contributed by atoms with van der Waals surface area (Å²) in [6.45, 7) is 1.07. The van der Waals surface area contributed by atoms with Gasteiger partial charge in [0.2, 0.25) is 0 Å². The van der Waals surface area contributed by atoms with E-state index in [1.807, 2.05) is 0 Å². The number of fused-ring (bicyclic) bond motifs is 1. The number of aliphatic imine (C=N–C) groups is 1. The fourth-order valence-corrected chi connectivity index (χ4v) is 3.48. The van der Waals surface area contributed by atoms with E-state index in [9.17, 15) is 36.2 Å². The van der Waals surface area contributed by atoms with Gasteiger partial charge in [0.15, 0.2) is 0 Å². The van der Waals surface area contributed by atoms with E-state index in [0.29, 0.717) is 6.07 Å². The van der Waals surface area contributed by atoms with E-state index in [1.165, 1.54) is 0 Å². The molecule has 0 aromatic heterocycles. The van der Waals surface area contributed by atoms with Gasteiger partial charge in [-0.25, -0.2) is 0 Å². The average Bonchev–Trinajstić information content (AvgIpc) is 2.34. The van der Waals surface area contributed by atoms with Crippen LogP contribution in [0.15, 0.2) is 39.0 Å². The Morgan fingerprint density at radius 3 is 1.96 bits per heavy atom. The average molecular weight is 405 g/mol. The molecule has 13 heteroatoms. The number of hydrogen-bond donors (Lipinski definition) is 2. The summed E-state index contributed by atoms with van der Waals surface area (Å²) >= 11 is 0. The summed E-state index contributed by atoms with van der Waals surface area (Å²) < 4.78 is 64.2. The third kappa shape index (κ3) is 5.63. The molecule has 0 radical (unpaired) electrons. The van der Waals surface area contributed by atoms with Crippen LogP contribution < -0.4 is 69.3 Å². The van der Waals surface area contributed by atoms with Crippen LogP contribution in [0, 0.1) is 0 Å². The molecule has 0 spiro atoms. The van der Waals surface area contributed by atoms with Gasteiger partial charge in [0.25, 0.3) is 20.2 Å². The third-order valence-electron chi connectivity index (χ3n) is 2.82. The second-order valence-corrected chi connectivity index (χ2v) is 7.29. The fraction of sp³-hybridized carbons (Fsp3) is 0.0833. The van der Waals surface area contributed by atoms with Gasteiger partial charge in [-0.15, -0.1) is 5.75 Å². The van der Waals surface area contributed by atoms with Crippen LogP contribution in [-0.4, -0.2) is 31.8 Å². The van der Waals surface area contributed by atoms with Crippen molar-refractivity contribution in [1.82, 2.24) is 0 Å². The summed E-state index contributed by atoms with van der Waals surface area (Å²) in [4.78, 5) is 1.86. The molecule has 0 aliphatic heterocycles. The molecule has 0 amide bonds. The third-order valence-corrected chi connectivity index (χ3v) is 4.61. The molecule has 25 heavy (non-hydrogen) atoms. The van der Waals surface area contributed by atoms with Crippen LogP contribution in [0.5, 0.6) is 5.75 Å². The van der Waals surface area contributed by atoms with Gasteiger partial charge in [0, 0.05) is 10.8 Å². The molecule has 2 aromatic rings. The summed E-state index contributed by atoms with van der Waals surface area (Å²) in [6.07, 6.45) is 0. The molecule has 2 aromatic carbocycles. The van der Waals surface area contributed by atoms with E-state index in [1.54, 1.807) is 0 Å². The second-order valence-electron chi connectivity index (χ2n) is 4.51. The molecule has 0 unspecified atom stereocenters. The fourth-order valence-electron chi connectivity index (χ4n) is 2.07. The zero-order chi connectivity index (χ0) is 17.6. The van der Waals surface area contributed by atoms with Crippen LogP contribution in [0.3, 0.4) is 0 Å². The normalized spacial score (nSPS) is 12.4. The Bertz CT molecular complexity index is 1040. The van der Waals surface area contributed by atoms with Gasteiger partial charge in [-0.3, -0.25) is 14.1 Å². The number of rotatable bonds is 3. The Morgan fingerprint density at radius 2 is 1.52 bits per heavy atom. The quantitative estimate of drug-likeness (QED) is 0.220. The summed E-state index contributed by atoms with van der Waals surface area (Å²) in [7, 11) is -9.72. The first kappa shape index (κ1) is 24.8. The predicted molar refractivity (Wildman–Crippen MR) is 75.8 cm³/mol.